The first kappa shape index (κ1) is 14.5. The van der Waals surface area contributed by atoms with Gasteiger partial charge in [0.2, 0.25) is 0 Å². The summed E-state index contributed by atoms with van der Waals surface area (Å²) in [6.07, 6.45) is 0. The van der Waals surface area contributed by atoms with Crippen LogP contribution in [-0.4, -0.2) is 29.2 Å². The van der Waals surface area contributed by atoms with E-state index in [-0.39, 0.29) is 6.03 Å². The monoisotopic (exact) mass is 253 g/mol. The van der Waals surface area contributed by atoms with Crippen LogP contribution in [0.3, 0.4) is 0 Å². The molecule has 0 aliphatic carbocycles. The molecule has 0 aliphatic rings. The number of aromatic nitrogens is 1. The summed E-state index contributed by atoms with van der Waals surface area (Å²) >= 11 is 0. The Balaban J connectivity index is 2.63. The van der Waals surface area contributed by atoms with Crippen LogP contribution >= 0.6 is 0 Å². The van der Waals surface area contributed by atoms with E-state index in [2.05, 4.69) is 38.2 Å². The zero-order chi connectivity index (χ0) is 13.7. The molecule has 5 heteroatoms. The van der Waals surface area contributed by atoms with E-state index in [1.54, 1.807) is 13.0 Å². The predicted octanol–water partition coefficient (Wildman–Crippen LogP) is 3.13. The lowest BCUT2D eigenvalue weighted by atomic mass is 10.1. The number of amides is 2. The van der Waals surface area contributed by atoms with E-state index < -0.39 is 0 Å². The molecule has 102 valence electrons. The Hall–Kier alpha value is -1.52. The summed E-state index contributed by atoms with van der Waals surface area (Å²) in [5.41, 5.74) is 0. The molecule has 0 spiro atoms. The van der Waals surface area contributed by atoms with Gasteiger partial charge in [0.05, 0.1) is 0 Å². The van der Waals surface area contributed by atoms with E-state index in [4.69, 9.17) is 4.52 Å². The van der Waals surface area contributed by atoms with Gasteiger partial charge in [0, 0.05) is 19.2 Å². The first-order chi connectivity index (χ1) is 8.38. The summed E-state index contributed by atoms with van der Waals surface area (Å²) in [5.74, 6) is 2.03. The van der Waals surface area contributed by atoms with Crippen LogP contribution in [0.2, 0.25) is 0 Å². The lowest BCUT2D eigenvalue weighted by molar-refractivity contribution is 0.196. The number of rotatable bonds is 5. The first-order valence-electron chi connectivity index (χ1n) is 6.37. The maximum atomic E-state index is 12.1. The zero-order valence-electron chi connectivity index (χ0n) is 11.9. The van der Waals surface area contributed by atoms with Crippen LogP contribution in [-0.2, 0) is 0 Å². The van der Waals surface area contributed by atoms with Gasteiger partial charge in [0.25, 0.3) is 0 Å². The van der Waals surface area contributed by atoms with Crippen LogP contribution in [0.5, 0.6) is 0 Å². The highest BCUT2D eigenvalue weighted by Crippen LogP contribution is 2.10. The fourth-order valence-corrected chi connectivity index (χ4v) is 1.74. The number of nitrogens with one attached hydrogen (secondary N) is 1. The molecule has 0 saturated heterocycles. The average Bonchev–Trinajstić information content (AvgIpc) is 2.61. The van der Waals surface area contributed by atoms with Crippen molar-refractivity contribution in [1.82, 2.24) is 10.1 Å². The number of carbonyl (C=O) groups excluding carboxylic acids is 1. The van der Waals surface area contributed by atoms with Crippen molar-refractivity contribution in [3.63, 3.8) is 0 Å². The van der Waals surface area contributed by atoms with Gasteiger partial charge in [-0.15, -0.1) is 0 Å². The Morgan fingerprint density at radius 3 is 2.28 bits per heavy atom. The molecular formula is C13H23N3O2. The Labute approximate surface area is 109 Å². The Kier molecular flexibility index (Phi) is 5.19. The van der Waals surface area contributed by atoms with Gasteiger partial charge in [-0.25, -0.2) is 4.79 Å². The molecule has 0 aromatic carbocycles. The third-order valence-corrected chi connectivity index (χ3v) is 2.32. The topological polar surface area (TPSA) is 58.4 Å². The number of hydrogen-bond donors (Lipinski definition) is 1. The molecule has 1 heterocycles. The highest BCUT2D eigenvalue weighted by molar-refractivity contribution is 5.88. The lowest BCUT2D eigenvalue weighted by Crippen LogP contribution is -2.39. The summed E-state index contributed by atoms with van der Waals surface area (Å²) < 4.78 is 4.92. The van der Waals surface area contributed by atoms with Crippen molar-refractivity contribution in [3.8, 4) is 0 Å². The van der Waals surface area contributed by atoms with Crippen molar-refractivity contribution in [2.75, 3.05) is 18.4 Å². The molecular weight excluding hydrogens is 230 g/mol. The minimum Gasteiger partial charge on any atom is -0.360 e. The second-order valence-electron chi connectivity index (χ2n) is 5.45. The molecule has 0 saturated carbocycles. The summed E-state index contributed by atoms with van der Waals surface area (Å²) in [6, 6.07) is 1.59. The van der Waals surface area contributed by atoms with Gasteiger partial charge in [0.1, 0.15) is 5.76 Å². The van der Waals surface area contributed by atoms with Crippen molar-refractivity contribution in [2.24, 2.45) is 11.8 Å². The van der Waals surface area contributed by atoms with Crippen LogP contribution in [0, 0.1) is 18.8 Å². The number of hydrogen-bond acceptors (Lipinski definition) is 3. The Bertz CT molecular complexity index is 375. The molecule has 2 amide bonds. The van der Waals surface area contributed by atoms with Crippen molar-refractivity contribution in [3.05, 3.63) is 11.8 Å². The molecule has 1 N–H and O–H groups in total. The van der Waals surface area contributed by atoms with Gasteiger partial charge in [0.15, 0.2) is 5.82 Å². The van der Waals surface area contributed by atoms with Crippen molar-refractivity contribution < 1.29 is 9.32 Å². The van der Waals surface area contributed by atoms with E-state index in [0.29, 0.717) is 23.4 Å². The molecule has 0 unspecified atom stereocenters. The summed E-state index contributed by atoms with van der Waals surface area (Å²) in [4.78, 5) is 13.9. The molecule has 5 nitrogen and oxygen atoms in total. The molecule has 0 radical (unpaired) electrons. The summed E-state index contributed by atoms with van der Waals surface area (Å²) in [6.45, 7) is 11.7. The molecule has 0 atom stereocenters. The van der Waals surface area contributed by atoms with Crippen LogP contribution in [0.15, 0.2) is 10.6 Å². The second kappa shape index (κ2) is 6.42. The second-order valence-corrected chi connectivity index (χ2v) is 5.45. The maximum Gasteiger partial charge on any atom is 0.323 e. The summed E-state index contributed by atoms with van der Waals surface area (Å²) in [5, 5.41) is 6.52. The first-order valence-corrected chi connectivity index (χ1v) is 6.37. The van der Waals surface area contributed by atoms with E-state index in [9.17, 15) is 4.79 Å². The largest absolute Gasteiger partial charge is 0.360 e. The number of urea groups is 1. The molecule has 1 aromatic heterocycles. The smallest absolute Gasteiger partial charge is 0.323 e. The van der Waals surface area contributed by atoms with Gasteiger partial charge >= 0.3 is 6.03 Å². The van der Waals surface area contributed by atoms with Crippen LogP contribution in [0.1, 0.15) is 33.5 Å². The number of aryl methyl sites for hydroxylation is 1. The summed E-state index contributed by atoms with van der Waals surface area (Å²) in [7, 11) is 0. The third-order valence-electron chi connectivity index (χ3n) is 2.32. The van der Waals surface area contributed by atoms with Crippen LogP contribution < -0.4 is 5.32 Å². The Morgan fingerprint density at radius 2 is 1.89 bits per heavy atom. The van der Waals surface area contributed by atoms with E-state index in [0.717, 1.165) is 13.1 Å². The number of carbonyl (C=O) groups is 1. The zero-order valence-corrected chi connectivity index (χ0v) is 11.9. The molecule has 0 bridgehead atoms. The van der Waals surface area contributed by atoms with Crippen molar-refractivity contribution in [2.45, 2.75) is 34.6 Å². The minimum absolute atomic E-state index is 0.120. The molecule has 0 aliphatic heterocycles. The standard InChI is InChI=1S/C13H23N3O2/c1-9(2)7-16(8-10(3)4)13(17)14-12-6-11(5)18-15-12/h6,9-10H,7-8H2,1-5H3,(H,14,15,17). The van der Waals surface area contributed by atoms with Crippen molar-refractivity contribution >= 4 is 11.8 Å². The Morgan fingerprint density at radius 1 is 1.33 bits per heavy atom. The predicted molar refractivity (Wildman–Crippen MR) is 71.5 cm³/mol. The van der Waals surface area contributed by atoms with Gasteiger partial charge in [-0.2, -0.15) is 0 Å². The normalized spacial score (nSPS) is 11.1. The fourth-order valence-electron chi connectivity index (χ4n) is 1.74. The van der Waals surface area contributed by atoms with Gasteiger partial charge in [-0.3, -0.25) is 5.32 Å². The highest BCUT2D eigenvalue weighted by Gasteiger charge is 2.17. The minimum atomic E-state index is -0.120. The molecule has 18 heavy (non-hydrogen) atoms. The fraction of sp³-hybridized carbons (Fsp3) is 0.692. The SMILES string of the molecule is Cc1cc(NC(=O)N(CC(C)C)CC(C)C)no1. The number of anilines is 1. The number of nitrogens with zero attached hydrogens (tertiary/aromatic N) is 2. The molecule has 1 rings (SSSR count). The van der Waals surface area contributed by atoms with Crippen molar-refractivity contribution in [1.29, 1.82) is 0 Å². The molecule has 1 aromatic rings. The molecule has 0 fully saturated rings. The van der Waals surface area contributed by atoms with Crippen LogP contribution in [0.4, 0.5) is 10.6 Å². The van der Waals surface area contributed by atoms with Gasteiger partial charge in [-0.1, -0.05) is 32.9 Å². The average molecular weight is 253 g/mol. The van der Waals surface area contributed by atoms with E-state index >= 15 is 0 Å². The van der Waals surface area contributed by atoms with E-state index in [1.165, 1.54) is 0 Å². The highest BCUT2D eigenvalue weighted by atomic mass is 16.5. The van der Waals surface area contributed by atoms with E-state index in [1.807, 2.05) is 4.90 Å². The third kappa shape index (κ3) is 4.77. The van der Waals surface area contributed by atoms with Crippen LogP contribution in [0.25, 0.3) is 0 Å². The quantitative estimate of drug-likeness (QED) is 0.877. The maximum absolute atomic E-state index is 12.1. The van der Waals surface area contributed by atoms with Gasteiger partial charge in [-0.05, 0) is 18.8 Å². The van der Waals surface area contributed by atoms with Gasteiger partial charge < -0.3 is 9.42 Å². The lowest BCUT2D eigenvalue weighted by Gasteiger charge is -2.26.